The molecule has 1 aliphatic rings. The van der Waals surface area contributed by atoms with Crippen LogP contribution in [-0.2, 0) is 0 Å². The number of benzene rings is 1. The molecule has 1 heterocycles. The predicted molar refractivity (Wildman–Crippen MR) is 67.2 cm³/mol. The molecule has 0 aliphatic carbocycles. The van der Waals surface area contributed by atoms with Crippen molar-refractivity contribution >= 4 is 21.8 Å². The van der Waals surface area contributed by atoms with Crippen LogP contribution in [0, 0.1) is 11.7 Å². The maximum Gasteiger partial charge on any atom is 0.253 e. The maximum atomic E-state index is 13.3. The van der Waals surface area contributed by atoms with Gasteiger partial charge in [0.15, 0.2) is 0 Å². The number of carbonyl (C=O) groups excluding carboxylic acids is 1. The van der Waals surface area contributed by atoms with E-state index in [-0.39, 0.29) is 5.91 Å². The number of nitrogens with two attached hydrogens (primary N) is 1. The fourth-order valence-corrected chi connectivity index (χ4v) is 2.27. The fraction of sp³-hybridized carbons (Fsp3) is 0.417. The van der Waals surface area contributed by atoms with Crippen LogP contribution in [0.3, 0.4) is 0 Å². The molecule has 3 nitrogen and oxygen atoms in total. The Bertz CT molecular complexity index is 439. The molecule has 0 unspecified atom stereocenters. The van der Waals surface area contributed by atoms with Gasteiger partial charge in [-0.3, -0.25) is 4.79 Å². The highest BCUT2D eigenvalue weighted by molar-refractivity contribution is 9.10. The quantitative estimate of drug-likeness (QED) is 0.908. The van der Waals surface area contributed by atoms with Gasteiger partial charge in [-0.25, -0.2) is 4.39 Å². The van der Waals surface area contributed by atoms with Crippen molar-refractivity contribution in [2.45, 2.75) is 6.42 Å². The van der Waals surface area contributed by atoms with E-state index in [1.54, 1.807) is 17.0 Å². The van der Waals surface area contributed by atoms with Gasteiger partial charge in [-0.2, -0.15) is 0 Å². The predicted octanol–water partition coefficient (Wildman–Crippen LogP) is 2.01. The molecule has 92 valence electrons. The molecule has 1 saturated heterocycles. The molecule has 0 saturated carbocycles. The maximum absolute atomic E-state index is 13.3. The van der Waals surface area contributed by atoms with Gasteiger partial charge in [-0.05, 0) is 53.0 Å². The Labute approximate surface area is 108 Å². The summed E-state index contributed by atoms with van der Waals surface area (Å²) in [6.07, 6.45) is 0.932. The Morgan fingerprint density at radius 2 is 2.35 bits per heavy atom. The highest BCUT2D eigenvalue weighted by Gasteiger charge is 2.26. The van der Waals surface area contributed by atoms with Crippen molar-refractivity contribution in [3.8, 4) is 0 Å². The molecule has 1 aliphatic heterocycles. The van der Waals surface area contributed by atoms with Gasteiger partial charge in [-0.1, -0.05) is 0 Å². The number of amides is 1. The van der Waals surface area contributed by atoms with Crippen molar-refractivity contribution in [3.63, 3.8) is 0 Å². The summed E-state index contributed by atoms with van der Waals surface area (Å²) >= 11 is 3.07. The zero-order valence-corrected chi connectivity index (χ0v) is 10.9. The lowest BCUT2D eigenvalue weighted by molar-refractivity contribution is 0.0787. The van der Waals surface area contributed by atoms with Crippen molar-refractivity contribution in [1.29, 1.82) is 0 Å². The normalized spacial score (nSPS) is 19.7. The van der Waals surface area contributed by atoms with Crippen LogP contribution in [0.15, 0.2) is 22.7 Å². The van der Waals surface area contributed by atoms with Crippen molar-refractivity contribution in [1.82, 2.24) is 4.90 Å². The number of nitrogens with zero attached hydrogens (tertiary/aromatic N) is 1. The number of likely N-dealkylation sites (tertiary alicyclic amines) is 1. The molecular formula is C12H14BrFN2O. The van der Waals surface area contributed by atoms with E-state index in [0.717, 1.165) is 6.42 Å². The summed E-state index contributed by atoms with van der Waals surface area (Å²) in [5.74, 6) is -0.156. The van der Waals surface area contributed by atoms with E-state index < -0.39 is 5.82 Å². The van der Waals surface area contributed by atoms with E-state index in [4.69, 9.17) is 5.73 Å². The summed E-state index contributed by atoms with van der Waals surface area (Å²) in [5.41, 5.74) is 5.97. The Morgan fingerprint density at radius 1 is 1.59 bits per heavy atom. The molecule has 0 aromatic heterocycles. The molecule has 5 heteroatoms. The summed E-state index contributed by atoms with van der Waals surface area (Å²) in [6.45, 7) is 1.98. The third kappa shape index (κ3) is 2.66. The van der Waals surface area contributed by atoms with E-state index in [0.29, 0.717) is 35.6 Å². The third-order valence-corrected chi connectivity index (χ3v) is 3.72. The number of rotatable bonds is 2. The number of carbonyl (C=O) groups is 1. The van der Waals surface area contributed by atoms with E-state index >= 15 is 0 Å². The number of halogens is 2. The summed E-state index contributed by atoms with van der Waals surface area (Å²) in [7, 11) is 0. The van der Waals surface area contributed by atoms with Gasteiger partial charge in [-0.15, -0.1) is 0 Å². The van der Waals surface area contributed by atoms with Crippen LogP contribution in [0.25, 0.3) is 0 Å². The zero-order valence-electron chi connectivity index (χ0n) is 9.33. The molecule has 2 N–H and O–H groups in total. The van der Waals surface area contributed by atoms with Crippen molar-refractivity contribution < 1.29 is 9.18 Å². The van der Waals surface area contributed by atoms with Gasteiger partial charge >= 0.3 is 0 Å². The van der Waals surface area contributed by atoms with E-state index in [2.05, 4.69) is 15.9 Å². The Morgan fingerprint density at radius 3 is 2.94 bits per heavy atom. The SMILES string of the molecule is NC[C@H]1CCN(C(=O)c2ccc(Br)c(F)c2)C1. The topological polar surface area (TPSA) is 46.3 Å². The summed E-state index contributed by atoms with van der Waals surface area (Å²) in [6, 6.07) is 4.45. The first kappa shape index (κ1) is 12.5. The average Bonchev–Trinajstić information content (AvgIpc) is 2.80. The molecule has 0 radical (unpaired) electrons. The van der Waals surface area contributed by atoms with Gasteiger partial charge in [0.2, 0.25) is 0 Å². The monoisotopic (exact) mass is 300 g/mol. The fourth-order valence-electron chi connectivity index (χ4n) is 2.02. The van der Waals surface area contributed by atoms with Crippen LogP contribution in [-0.4, -0.2) is 30.4 Å². The highest BCUT2D eigenvalue weighted by atomic mass is 79.9. The second kappa shape index (κ2) is 5.14. The smallest absolute Gasteiger partial charge is 0.253 e. The lowest BCUT2D eigenvalue weighted by Crippen LogP contribution is -2.29. The van der Waals surface area contributed by atoms with Gasteiger partial charge in [0.25, 0.3) is 5.91 Å². The van der Waals surface area contributed by atoms with Crippen LogP contribution in [0.2, 0.25) is 0 Å². The molecule has 2 rings (SSSR count). The summed E-state index contributed by atoms with van der Waals surface area (Å²) in [5, 5.41) is 0. The Kier molecular flexibility index (Phi) is 3.79. The van der Waals surface area contributed by atoms with Crippen LogP contribution >= 0.6 is 15.9 Å². The minimum absolute atomic E-state index is 0.118. The molecule has 1 amide bonds. The molecule has 1 atom stereocenters. The molecule has 0 spiro atoms. The lowest BCUT2D eigenvalue weighted by atomic mass is 10.1. The minimum atomic E-state index is -0.412. The summed E-state index contributed by atoms with van der Waals surface area (Å²) in [4.78, 5) is 13.8. The third-order valence-electron chi connectivity index (χ3n) is 3.07. The first-order valence-corrected chi connectivity index (χ1v) is 6.35. The largest absolute Gasteiger partial charge is 0.338 e. The first-order valence-electron chi connectivity index (χ1n) is 5.56. The van der Waals surface area contributed by atoms with Crippen molar-refractivity contribution in [3.05, 3.63) is 34.1 Å². The van der Waals surface area contributed by atoms with Gasteiger partial charge in [0.05, 0.1) is 4.47 Å². The second-order valence-corrected chi connectivity index (χ2v) is 5.12. The van der Waals surface area contributed by atoms with E-state index in [1.165, 1.54) is 6.07 Å². The van der Waals surface area contributed by atoms with Crippen molar-refractivity contribution in [2.24, 2.45) is 11.7 Å². The van der Waals surface area contributed by atoms with E-state index in [1.807, 2.05) is 0 Å². The first-order chi connectivity index (χ1) is 8.11. The zero-order chi connectivity index (χ0) is 12.4. The van der Waals surface area contributed by atoms with Gasteiger partial charge in [0, 0.05) is 18.7 Å². The number of hydrogen-bond acceptors (Lipinski definition) is 2. The van der Waals surface area contributed by atoms with Crippen LogP contribution < -0.4 is 5.73 Å². The van der Waals surface area contributed by atoms with E-state index in [9.17, 15) is 9.18 Å². The van der Waals surface area contributed by atoms with Crippen LogP contribution in [0.4, 0.5) is 4.39 Å². The number of hydrogen-bond donors (Lipinski definition) is 1. The second-order valence-electron chi connectivity index (χ2n) is 4.27. The van der Waals surface area contributed by atoms with Crippen LogP contribution in [0.1, 0.15) is 16.8 Å². The van der Waals surface area contributed by atoms with Gasteiger partial charge < -0.3 is 10.6 Å². The molecular weight excluding hydrogens is 287 g/mol. The molecule has 1 aromatic carbocycles. The van der Waals surface area contributed by atoms with Crippen molar-refractivity contribution in [2.75, 3.05) is 19.6 Å². The standard InChI is InChI=1S/C12H14BrFN2O/c13-10-2-1-9(5-11(10)14)12(17)16-4-3-8(6-15)7-16/h1-2,5,8H,3-4,6-7,15H2/t8-/m1/s1. The molecule has 0 bridgehead atoms. The van der Waals surface area contributed by atoms with Gasteiger partial charge in [0.1, 0.15) is 5.82 Å². The Balaban J connectivity index is 2.12. The average molecular weight is 301 g/mol. The lowest BCUT2D eigenvalue weighted by Gasteiger charge is -2.16. The minimum Gasteiger partial charge on any atom is -0.338 e. The molecule has 1 fully saturated rings. The highest BCUT2D eigenvalue weighted by Crippen LogP contribution is 2.21. The molecule has 17 heavy (non-hydrogen) atoms. The van der Waals surface area contributed by atoms with Crippen LogP contribution in [0.5, 0.6) is 0 Å². The molecule has 1 aromatic rings. The Hall–Kier alpha value is -0.940. The summed E-state index contributed by atoms with van der Waals surface area (Å²) < 4.78 is 13.7.